The average Bonchev–Trinajstić information content (AvgIpc) is 2.39. The van der Waals surface area contributed by atoms with Crippen molar-refractivity contribution in [3.05, 3.63) is 47.5 Å². The van der Waals surface area contributed by atoms with Crippen molar-refractivity contribution < 1.29 is 14.9 Å². The third-order valence-corrected chi connectivity index (χ3v) is 3.15. The van der Waals surface area contributed by atoms with Gasteiger partial charge in [0.25, 0.3) is 0 Å². The Labute approximate surface area is 118 Å². The first-order chi connectivity index (χ1) is 9.49. The van der Waals surface area contributed by atoms with Crippen LogP contribution in [0.25, 0.3) is 0 Å². The van der Waals surface area contributed by atoms with Gasteiger partial charge in [0.2, 0.25) is 0 Å². The Morgan fingerprint density at radius 1 is 1.05 bits per heavy atom. The van der Waals surface area contributed by atoms with E-state index in [4.69, 9.17) is 4.74 Å². The van der Waals surface area contributed by atoms with Crippen molar-refractivity contribution in [1.29, 1.82) is 0 Å². The molecule has 2 aromatic carbocycles. The summed E-state index contributed by atoms with van der Waals surface area (Å²) in [5, 5.41) is 22.4. The molecule has 3 N–H and O–H groups in total. The number of ether oxygens (including phenoxy) is 1. The maximum atomic E-state index is 9.53. The number of hydrogen-bond acceptors (Lipinski definition) is 4. The molecule has 0 aliphatic carbocycles. The van der Waals surface area contributed by atoms with Crippen LogP contribution < -0.4 is 10.1 Å². The number of anilines is 1. The number of aryl methyl sites for hydroxylation is 1. The van der Waals surface area contributed by atoms with Crippen molar-refractivity contribution in [2.24, 2.45) is 0 Å². The molecule has 2 aromatic rings. The zero-order valence-electron chi connectivity index (χ0n) is 11.8. The van der Waals surface area contributed by atoms with E-state index in [2.05, 4.69) is 5.32 Å². The Kier molecular flexibility index (Phi) is 4.03. The van der Waals surface area contributed by atoms with Gasteiger partial charge in [-0.3, -0.25) is 0 Å². The smallest absolute Gasteiger partial charge is 0.142 e. The number of phenolic OH excluding ortho intramolecular Hbond substituents is 2. The van der Waals surface area contributed by atoms with Gasteiger partial charge in [-0.2, -0.15) is 0 Å². The molecule has 0 radical (unpaired) electrons. The quantitative estimate of drug-likeness (QED) is 0.796. The van der Waals surface area contributed by atoms with Crippen molar-refractivity contribution in [2.75, 3.05) is 12.4 Å². The summed E-state index contributed by atoms with van der Waals surface area (Å²) in [6, 6.07) is 10.4. The molecular formula is C16H19NO3. The molecule has 1 unspecified atom stereocenters. The number of hydrogen-bond donors (Lipinski definition) is 3. The Bertz CT molecular complexity index is 590. The van der Waals surface area contributed by atoms with E-state index in [1.54, 1.807) is 19.2 Å². The Hall–Kier alpha value is -2.36. The molecule has 0 heterocycles. The van der Waals surface area contributed by atoms with Crippen LogP contribution in [-0.4, -0.2) is 17.3 Å². The molecule has 106 valence electrons. The van der Waals surface area contributed by atoms with E-state index in [9.17, 15) is 10.2 Å². The van der Waals surface area contributed by atoms with E-state index in [0.717, 1.165) is 22.6 Å². The van der Waals surface area contributed by atoms with Crippen LogP contribution in [0.1, 0.15) is 24.1 Å². The number of benzene rings is 2. The number of nitrogens with one attached hydrogen (secondary N) is 1. The Morgan fingerprint density at radius 3 is 2.30 bits per heavy atom. The maximum Gasteiger partial charge on any atom is 0.142 e. The van der Waals surface area contributed by atoms with Gasteiger partial charge in [0.05, 0.1) is 12.8 Å². The molecule has 0 spiro atoms. The standard InChI is InChI=1S/C16H19NO3/c1-10-4-5-15(16(6-10)20-3)17-11(2)12-7-13(18)9-14(19)8-12/h4-9,11,17-19H,1-3H3. The van der Waals surface area contributed by atoms with E-state index >= 15 is 0 Å². The van der Waals surface area contributed by atoms with Crippen LogP contribution in [0.4, 0.5) is 5.69 Å². The molecule has 2 rings (SSSR count). The summed E-state index contributed by atoms with van der Waals surface area (Å²) < 4.78 is 5.35. The summed E-state index contributed by atoms with van der Waals surface area (Å²) in [5.74, 6) is 0.857. The zero-order valence-corrected chi connectivity index (χ0v) is 11.8. The minimum absolute atomic E-state index is 0.0459. The summed E-state index contributed by atoms with van der Waals surface area (Å²) in [6.07, 6.45) is 0. The third kappa shape index (κ3) is 3.15. The van der Waals surface area contributed by atoms with Gasteiger partial charge in [-0.25, -0.2) is 0 Å². The van der Waals surface area contributed by atoms with Gasteiger partial charge < -0.3 is 20.3 Å². The van der Waals surface area contributed by atoms with Crippen molar-refractivity contribution >= 4 is 5.69 Å². The highest BCUT2D eigenvalue weighted by atomic mass is 16.5. The van der Waals surface area contributed by atoms with Gasteiger partial charge >= 0.3 is 0 Å². The van der Waals surface area contributed by atoms with Crippen LogP contribution in [0.2, 0.25) is 0 Å². The van der Waals surface area contributed by atoms with E-state index in [1.165, 1.54) is 6.07 Å². The number of phenols is 2. The Balaban J connectivity index is 2.25. The van der Waals surface area contributed by atoms with Crippen LogP contribution in [0.5, 0.6) is 17.2 Å². The first-order valence-electron chi connectivity index (χ1n) is 6.43. The van der Waals surface area contributed by atoms with Gasteiger partial charge in [0, 0.05) is 12.1 Å². The average molecular weight is 273 g/mol. The highest BCUT2D eigenvalue weighted by molar-refractivity contribution is 5.59. The number of methoxy groups -OCH3 is 1. The molecular weight excluding hydrogens is 254 g/mol. The summed E-state index contributed by atoms with van der Waals surface area (Å²) in [6.45, 7) is 3.95. The fourth-order valence-electron chi connectivity index (χ4n) is 2.10. The van der Waals surface area contributed by atoms with Crippen molar-refractivity contribution in [3.8, 4) is 17.2 Å². The molecule has 4 nitrogen and oxygen atoms in total. The second-order valence-electron chi connectivity index (χ2n) is 4.85. The van der Waals surface area contributed by atoms with Crippen LogP contribution >= 0.6 is 0 Å². The predicted octanol–water partition coefficient (Wildman–Crippen LogP) is 3.59. The third-order valence-electron chi connectivity index (χ3n) is 3.15. The molecule has 0 aromatic heterocycles. The van der Waals surface area contributed by atoms with Gasteiger partial charge in [0.1, 0.15) is 17.2 Å². The largest absolute Gasteiger partial charge is 0.508 e. The monoisotopic (exact) mass is 273 g/mol. The Morgan fingerprint density at radius 2 is 1.70 bits per heavy atom. The highest BCUT2D eigenvalue weighted by Crippen LogP contribution is 2.31. The zero-order chi connectivity index (χ0) is 14.7. The second kappa shape index (κ2) is 5.74. The first-order valence-corrected chi connectivity index (χ1v) is 6.43. The van der Waals surface area contributed by atoms with Crippen LogP contribution in [0.15, 0.2) is 36.4 Å². The minimum atomic E-state index is -0.0791. The normalized spacial score (nSPS) is 11.9. The topological polar surface area (TPSA) is 61.7 Å². The molecule has 0 bridgehead atoms. The molecule has 20 heavy (non-hydrogen) atoms. The van der Waals surface area contributed by atoms with Gasteiger partial charge in [-0.15, -0.1) is 0 Å². The van der Waals surface area contributed by atoms with Crippen molar-refractivity contribution in [1.82, 2.24) is 0 Å². The fourth-order valence-corrected chi connectivity index (χ4v) is 2.10. The predicted molar refractivity (Wildman–Crippen MR) is 79.5 cm³/mol. The lowest BCUT2D eigenvalue weighted by molar-refractivity contribution is 0.415. The van der Waals surface area contributed by atoms with Gasteiger partial charge in [0.15, 0.2) is 0 Å². The number of aromatic hydroxyl groups is 2. The molecule has 0 aliphatic heterocycles. The fraction of sp³-hybridized carbons (Fsp3) is 0.250. The maximum absolute atomic E-state index is 9.53. The molecule has 0 saturated carbocycles. The van der Waals surface area contributed by atoms with E-state index in [-0.39, 0.29) is 17.5 Å². The van der Waals surface area contributed by atoms with Crippen LogP contribution in [0, 0.1) is 6.92 Å². The minimum Gasteiger partial charge on any atom is -0.508 e. The molecule has 0 aliphatic rings. The second-order valence-corrected chi connectivity index (χ2v) is 4.85. The van der Waals surface area contributed by atoms with Crippen LogP contribution in [-0.2, 0) is 0 Å². The molecule has 0 saturated heterocycles. The highest BCUT2D eigenvalue weighted by Gasteiger charge is 2.11. The molecule has 1 atom stereocenters. The molecule has 0 amide bonds. The summed E-state index contributed by atoms with van der Waals surface area (Å²) in [7, 11) is 1.63. The van der Waals surface area contributed by atoms with E-state index in [0.29, 0.717) is 0 Å². The van der Waals surface area contributed by atoms with Gasteiger partial charge in [-0.05, 0) is 49.2 Å². The van der Waals surface area contributed by atoms with Gasteiger partial charge in [-0.1, -0.05) is 6.07 Å². The van der Waals surface area contributed by atoms with E-state index in [1.807, 2.05) is 32.0 Å². The number of rotatable bonds is 4. The lowest BCUT2D eigenvalue weighted by Crippen LogP contribution is -2.07. The SMILES string of the molecule is COc1cc(C)ccc1NC(C)c1cc(O)cc(O)c1. The summed E-state index contributed by atoms with van der Waals surface area (Å²) in [4.78, 5) is 0. The van der Waals surface area contributed by atoms with Crippen molar-refractivity contribution in [2.45, 2.75) is 19.9 Å². The lowest BCUT2D eigenvalue weighted by atomic mass is 10.1. The first kappa shape index (κ1) is 14.1. The summed E-state index contributed by atoms with van der Waals surface area (Å²) >= 11 is 0. The lowest BCUT2D eigenvalue weighted by Gasteiger charge is -2.18. The van der Waals surface area contributed by atoms with E-state index < -0.39 is 0 Å². The summed E-state index contributed by atoms with van der Waals surface area (Å²) in [5.41, 5.74) is 2.79. The van der Waals surface area contributed by atoms with Crippen molar-refractivity contribution in [3.63, 3.8) is 0 Å². The molecule has 4 heteroatoms. The van der Waals surface area contributed by atoms with Crippen LogP contribution in [0.3, 0.4) is 0 Å². The molecule has 0 fully saturated rings.